The lowest BCUT2D eigenvalue weighted by molar-refractivity contribution is 0.745. The second-order valence-electron chi connectivity index (χ2n) is 13.3. The van der Waals surface area contributed by atoms with Gasteiger partial charge < -0.3 is 9.47 Å². The van der Waals surface area contributed by atoms with Gasteiger partial charge in [-0.1, -0.05) is 133 Å². The predicted molar refractivity (Wildman–Crippen MR) is 210 cm³/mol. The van der Waals surface area contributed by atoms with E-state index in [2.05, 4.69) is 204 Å². The van der Waals surface area contributed by atoms with Crippen molar-refractivity contribution < 1.29 is 0 Å². The van der Waals surface area contributed by atoms with Gasteiger partial charge in [0.05, 0.1) is 17.1 Å². The van der Waals surface area contributed by atoms with E-state index in [0.717, 1.165) is 5.69 Å². The summed E-state index contributed by atoms with van der Waals surface area (Å²) in [4.78, 5) is 2.49. The largest absolute Gasteiger partial charge is 0.333 e. The van der Waals surface area contributed by atoms with E-state index in [1.165, 1.54) is 72.1 Å². The smallest absolute Gasteiger partial charge is 0.0629 e. The van der Waals surface area contributed by atoms with E-state index in [4.69, 9.17) is 0 Å². The van der Waals surface area contributed by atoms with Crippen LogP contribution in [0, 0.1) is 0 Å². The van der Waals surface area contributed by atoms with E-state index in [1.807, 2.05) is 0 Å². The van der Waals surface area contributed by atoms with Crippen LogP contribution in [0.1, 0.15) is 11.5 Å². The number of anilines is 2. The number of hydrogen-bond donors (Lipinski definition) is 0. The molecule has 0 saturated heterocycles. The van der Waals surface area contributed by atoms with Gasteiger partial charge in [0.2, 0.25) is 0 Å². The Morgan fingerprint density at radius 1 is 0.380 bits per heavy atom. The highest BCUT2D eigenvalue weighted by atomic mass is 15.2. The molecule has 0 bridgehead atoms. The molecule has 1 aliphatic heterocycles. The summed E-state index contributed by atoms with van der Waals surface area (Å²) in [7, 11) is 0. The number of rotatable bonds is 5. The molecule has 2 unspecified atom stereocenters. The summed E-state index contributed by atoms with van der Waals surface area (Å²) in [5, 5.41) is 2.51. The average molecular weight is 639 g/mol. The van der Waals surface area contributed by atoms with Crippen LogP contribution in [0.5, 0.6) is 0 Å². The third kappa shape index (κ3) is 4.64. The molecule has 50 heavy (non-hydrogen) atoms. The summed E-state index contributed by atoms with van der Waals surface area (Å²) in [6.45, 7) is 0. The van der Waals surface area contributed by atoms with Crippen molar-refractivity contribution in [2.24, 2.45) is 0 Å². The van der Waals surface area contributed by atoms with Crippen molar-refractivity contribution in [2.75, 3.05) is 4.90 Å². The topological polar surface area (TPSA) is 8.17 Å². The van der Waals surface area contributed by atoms with Crippen LogP contribution in [-0.2, 0) is 0 Å². The Hall–Kier alpha value is -6.38. The number of fused-ring (bicyclic) bond motifs is 6. The Labute approximate surface area is 292 Å². The molecular formula is C48H34N2. The van der Waals surface area contributed by atoms with Crippen molar-refractivity contribution in [3.63, 3.8) is 0 Å². The van der Waals surface area contributed by atoms with Gasteiger partial charge in [-0.05, 0) is 99.6 Å². The second kappa shape index (κ2) is 11.6. The average Bonchev–Trinajstić information content (AvgIpc) is 3.71. The summed E-state index contributed by atoms with van der Waals surface area (Å²) in [5.74, 6) is 0.313. The molecule has 1 aliphatic carbocycles. The Morgan fingerprint density at radius 2 is 0.880 bits per heavy atom. The van der Waals surface area contributed by atoms with Gasteiger partial charge in [0.15, 0.2) is 0 Å². The zero-order chi connectivity index (χ0) is 33.0. The van der Waals surface area contributed by atoms with Gasteiger partial charge >= 0.3 is 0 Å². The highest BCUT2D eigenvalue weighted by Crippen LogP contribution is 2.49. The first-order valence-electron chi connectivity index (χ1n) is 17.4. The third-order valence-corrected chi connectivity index (χ3v) is 10.5. The van der Waals surface area contributed by atoms with Gasteiger partial charge in [-0.2, -0.15) is 0 Å². The molecule has 2 atom stereocenters. The molecule has 0 saturated carbocycles. The van der Waals surface area contributed by atoms with Crippen molar-refractivity contribution in [1.29, 1.82) is 0 Å². The Bertz CT molecular complexity index is 2580. The van der Waals surface area contributed by atoms with E-state index in [-0.39, 0.29) is 6.04 Å². The van der Waals surface area contributed by atoms with Gasteiger partial charge in [-0.3, -0.25) is 0 Å². The van der Waals surface area contributed by atoms with Crippen molar-refractivity contribution in [2.45, 2.75) is 12.0 Å². The monoisotopic (exact) mass is 638 g/mol. The minimum absolute atomic E-state index is 0.276. The van der Waals surface area contributed by atoms with Crippen molar-refractivity contribution >= 4 is 33.2 Å². The number of aromatic nitrogens is 1. The van der Waals surface area contributed by atoms with Crippen LogP contribution in [0.2, 0.25) is 0 Å². The fourth-order valence-electron chi connectivity index (χ4n) is 8.14. The van der Waals surface area contributed by atoms with Crippen LogP contribution in [0.3, 0.4) is 0 Å². The number of para-hydroxylation sites is 1. The minimum Gasteiger partial charge on any atom is -0.333 e. The third-order valence-electron chi connectivity index (χ3n) is 10.5. The molecule has 0 spiro atoms. The second-order valence-corrected chi connectivity index (χ2v) is 13.3. The Morgan fingerprint density at radius 3 is 1.54 bits per heavy atom. The lowest BCUT2D eigenvalue weighted by Gasteiger charge is -2.28. The molecule has 1 aromatic heterocycles. The summed E-state index contributed by atoms with van der Waals surface area (Å²) < 4.78 is 2.42. The maximum absolute atomic E-state index is 2.49. The predicted octanol–water partition coefficient (Wildman–Crippen LogP) is 12.5. The fourth-order valence-corrected chi connectivity index (χ4v) is 8.14. The Balaban J connectivity index is 1.13. The quantitative estimate of drug-likeness (QED) is 0.182. The minimum atomic E-state index is 0.276. The normalized spacial score (nSPS) is 16.2. The SMILES string of the molecule is C1=CC2c3cc(-c4ccc5c(c4)c4cc(-c6ccccc6)ccc4n5-c4ccc(-c5ccccc5)cc4)ccc3N(c3ccccc3)C2C=C1. The molecule has 2 heteroatoms. The van der Waals surface area contributed by atoms with E-state index in [9.17, 15) is 0 Å². The molecule has 0 radical (unpaired) electrons. The van der Waals surface area contributed by atoms with E-state index in [1.54, 1.807) is 0 Å². The molecule has 10 rings (SSSR count). The van der Waals surface area contributed by atoms with Gasteiger partial charge in [-0.25, -0.2) is 0 Å². The Kier molecular flexibility index (Phi) is 6.67. The lowest BCUT2D eigenvalue weighted by Crippen LogP contribution is -2.28. The van der Waals surface area contributed by atoms with Crippen molar-refractivity contribution in [1.82, 2.24) is 4.57 Å². The molecular weight excluding hydrogens is 605 g/mol. The molecule has 236 valence electrons. The molecule has 2 aliphatic rings. The molecule has 2 heterocycles. The highest BCUT2D eigenvalue weighted by molar-refractivity contribution is 6.11. The maximum atomic E-state index is 2.49. The first kappa shape index (κ1) is 28.6. The van der Waals surface area contributed by atoms with Crippen molar-refractivity contribution in [3.05, 3.63) is 200 Å². The standard InChI is InChI=1S/C48H34N2/c1-4-12-33(13-5-1)35-20-25-40(26-21-35)50-47-27-22-36(34-14-6-2-7-15-34)30-43(47)44-32-38(24-29-48(44)50)37-23-28-46-42(31-37)41-18-10-11-19-45(41)49(46)39-16-8-3-9-17-39/h1-32,41,45H. The van der Waals surface area contributed by atoms with E-state index in [0.29, 0.717) is 5.92 Å². The first-order chi connectivity index (χ1) is 24.8. The fraction of sp³-hybridized carbons (Fsp3) is 0.0417. The van der Waals surface area contributed by atoms with E-state index < -0.39 is 0 Å². The maximum Gasteiger partial charge on any atom is 0.0629 e. The number of benzene rings is 7. The zero-order valence-corrected chi connectivity index (χ0v) is 27.5. The van der Waals surface area contributed by atoms with Crippen LogP contribution in [-0.4, -0.2) is 10.6 Å². The molecule has 0 N–H and O–H groups in total. The molecule has 0 amide bonds. The summed E-state index contributed by atoms with van der Waals surface area (Å²) in [6.07, 6.45) is 9.09. The van der Waals surface area contributed by atoms with Crippen LogP contribution >= 0.6 is 0 Å². The number of hydrogen-bond acceptors (Lipinski definition) is 1. The van der Waals surface area contributed by atoms with Gasteiger partial charge in [-0.15, -0.1) is 0 Å². The first-order valence-corrected chi connectivity index (χ1v) is 17.4. The highest BCUT2D eigenvalue weighted by Gasteiger charge is 2.37. The lowest BCUT2D eigenvalue weighted by atomic mass is 9.89. The molecule has 2 nitrogen and oxygen atoms in total. The van der Waals surface area contributed by atoms with Crippen LogP contribution in [0.15, 0.2) is 194 Å². The van der Waals surface area contributed by atoms with Gasteiger partial charge in [0.25, 0.3) is 0 Å². The zero-order valence-electron chi connectivity index (χ0n) is 27.5. The van der Waals surface area contributed by atoms with Gasteiger partial charge in [0.1, 0.15) is 0 Å². The molecule has 8 aromatic rings. The van der Waals surface area contributed by atoms with Crippen LogP contribution in [0.4, 0.5) is 11.4 Å². The summed E-state index contributed by atoms with van der Waals surface area (Å²) in [5.41, 5.74) is 14.8. The van der Waals surface area contributed by atoms with Crippen LogP contribution in [0.25, 0.3) is 60.9 Å². The molecule has 7 aromatic carbocycles. The van der Waals surface area contributed by atoms with Crippen molar-refractivity contribution in [3.8, 4) is 39.1 Å². The van der Waals surface area contributed by atoms with E-state index >= 15 is 0 Å². The number of nitrogens with zero attached hydrogens (tertiary/aromatic N) is 2. The summed E-state index contributed by atoms with van der Waals surface area (Å²) in [6, 6.07) is 62.3. The van der Waals surface area contributed by atoms with Gasteiger partial charge in [0, 0.05) is 33.8 Å². The molecule has 0 fully saturated rings. The number of allylic oxidation sites excluding steroid dienone is 2. The van der Waals surface area contributed by atoms with Crippen LogP contribution < -0.4 is 4.90 Å². The summed E-state index contributed by atoms with van der Waals surface area (Å²) >= 11 is 0.